The molecular formula is C38H43N2O12S2+. The normalized spacial score (nSPS) is 14.6. The van der Waals surface area contributed by atoms with Gasteiger partial charge in [0.2, 0.25) is 23.6 Å². The molecule has 0 bridgehead atoms. The molecule has 0 unspecified atom stereocenters. The van der Waals surface area contributed by atoms with Gasteiger partial charge in [-0.15, -0.1) is 0 Å². The Hall–Kier alpha value is -5.03. The minimum Gasteiger partial charge on any atom is -0.576 e. The number of amides is 1. The van der Waals surface area contributed by atoms with E-state index in [1.54, 1.807) is 12.1 Å². The van der Waals surface area contributed by atoms with Crippen LogP contribution in [0.5, 0.6) is 34.5 Å². The fourth-order valence-corrected chi connectivity index (χ4v) is 8.67. The van der Waals surface area contributed by atoms with Crippen molar-refractivity contribution in [3.8, 4) is 34.5 Å². The summed E-state index contributed by atoms with van der Waals surface area (Å²) in [4.78, 5) is 13.2. The summed E-state index contributed by atoms with van der Waals surface area (Å²) < 4.78 is 86.4. The average Bonchev–Trinajstić information content (AvgIpc) is 3.80. The number of nitrogens with one attached hydrogen (secondary N) is 1. The quantitative estimate of drug-likeness (QED) is 0.123. The van der Waals surface area contributed by atoms with Crippen molar-refractivity contribution in [1.82, 2.24) is 9.62 Å². The molecule has 0 radical (unpaired) electrons. The number of benzene rings is 4. The summed E-state index contributed by atoms with van der Waals surface area (Å²) in [6, 6.07) is 19.3. The average molecular weight is 784 g/mol. The number of nitrogens with zero attached hydrogens (tertiary/aromatic N) is 1. The van der Waals surface area contributed by atoms with Crippen molar-refractivity contribution < 1.29 is 54.6 Å². The molecule has 0 fully saturated rings. The van der Waals surface area contributed by atoms with Crippen LogP contribution in [0, 0.1) is 19.8 Å². The Morgan fingerprint density at radius 2 is 1.39 bits per heavy atom. The van der Waals surface area contributed by atoms with E-state index in [0.29, 0.717) is 34.3 Å². The molecule has 0 aliphatic carbocycles. The van der Waals surface area contributed by atoms with Crippen LogP contribution in [0.4, 0.5) is 0 Å². The van der Waals surface area contributed by atoms with Crippen LogP contribution in [0.2, 0.25) is 0 Å². The molecule has 288 valence electrons. The molecule has 3 N–H and O–H groups in total. The van der Waals surface area contributed by atoms with Crippen LogP contribution in [-0.2, 0) is 31.4 Å². The first kappa shape index (κ1) is 38.7. The molecule has 14 nitrogen and oxygen atoms in total. The third-order valence-corrected chi connectivity index (χ3v) is 11.9. The molecule has 4 aromatic carbocycles. The minimum atomic E-state index is -4.22. The summed E-state index contributed by atoms with van der Waals surface area (Å²) in [7, 11) is -8.35. The maximum Gasteiger partial charge on any atom is 0.339 e. The Morgan fingerprint density at radius 1 is 0.815 bits per heavy atom. The predicted molar refractivity (Wildman–Crippen MR) is 197 cm³/mol. The van der Waals surface area contributed by atoms with Gasteiger partial charge in [0.15, 0.2) is 23.0 Å². The second-order valence-electron chi connectivity index (χ2n) is 13.4. The van der Waals surface area contributed by atoms with Crippen molar-refractivity contribution in [3.05, 3.63) is 95.6 Å². The highest BCUT2D eigenvalue weighted by atomic mass is 32.2. The molecule has 2 atom stereocenters. The molecule has 0 aromatic heterocycles. The van der Waals surface area contributed by atoms with Crippen LogP contribution in [0.15, 0.2) is 88.7 Å². The van der Waals surface area contributed by atoms with Crippen LogP contribution in [-0.4, -0.2) is 82.3 Å². The molecule has 2 aliphatic rings. The summed E-state index contributed by atoms with van der Waals surface area (Å²) in [6.07, 6.45) is -1.32. The van der Waals surface area contributed by atoms with Crippen LogP contribution in [0.3, 0.4) is 0 Å². The molecule has 0 saturated carbocycles. The maximum atomic E-state index is 14.0. The number of carbonyl (C=O) groups is 1. The smallest absolute Gasteiger partial charge is 0.339 e. The second-order valence-corrected chi connectivity index (χ2v) is 16.9. The van der Waals surface area contributed by atoms with Gasteiger partial charge >= 0.3 is 16.0 Å². The van der Waals surface area contributed by atoms with E-state index in [9.17, 15) is 26.7 Å². The Morgan fingerprint density at radius 3 is 2.00 bits per heavy atom. The van der Waals surface area contributed by atoms with E-state index in [-0.39, 0.29) is 61.2 Å². The Bertz CT molecular complexity index is 2190. The van der Waals surface area contributed by atoms with Crippen molar-refractivity contribution in [2.24, 2.45) is 5.92 Å². The van der Waals surface area contributed by atoms with E-state index >= 15 is 0 Å². The van der Waals surface area contributed by atoms with Gasteiger partial charge in [0, 0.05) is 36.3 Å². The number of fused-ring (bicyclic) bond motifs is 2. The zero-order chi connectivity index (χ0) is 38.6. The lowest BCUT2D eigenvalue weighted by Crippen LogP contribution is -2.51. The van der Waals surface area contributed by atoms with Gasteiger partial charge in [0.1, 0.15) is 10.6 Å². The third-order valence-electron chi connectivity index (χ3n) is 8.79. The van der Waals surface area contributed by atoms with E-state index < -0.39 is 38.2 Å². The number of aryl methyl sites for hydroxylation is 2. The third kappa shape index (κ3) is 9.01. The highest BCUT2D eigenvalue weighted by Gasteiger charge is 2.33. The molecule has 2 aliphatic heterocycles. The molecule has 16 heteroatoms. The largest absolute Gasteiger partial charge is 0.576 e. The van der Waals surface area contributed by atoms with E-state index in [1.165, 1.54) is 52.8 Å². The molecule has 0 saturated heterocycles. The Balaban J connectivity index is 1.21. The predicted octanol–water partition coefficient (Wildman–Crippen LogP) is 4.21. The number of carbonyl (C=O) groups excluding carboxylic acids is 1. The molecule has 1 amide bonds. The number of ether oxygens (including phenoxy) is 5. The monoisotopic (exact) mass is 783 g/mol. The second kappa shape index (κ2) is 16.1. The fraction of sp³-hybridized carbons (Fsp3) is 0.342. The molecule has 4 aromatic rings. The standard InChI is InChI=1S/C38H42N2O12S2/c1-24(2)19-40(53(43,44)29-12-14-33-35(17-29)50-22-48-33)20-32(41)31(39-37(42)21-47-38-25(3)6-5-7-26(38)4)16-27-8-10-28(11-9-27)52-54(45,46)30-13-15-34-36(18-30)51-23-49-34/h5-15,17-18,24,31-32,41H,16,19-23H2,1-4H3,(H,39,42)/p+1/t31-,32+/m0/s1. The number of hydrogen-bond donors (Lipinski definition) is 2. The number of hydrogen-bond acceptors (Lipinski definition) is 11. The molecule has 54 heavy (non-hydrogen) atoms. The highest BCUT2D eigenvalue weighted by molar-refractivity contribution is 7.89. The Kier molecular flexibility index (Phi) is 11.6. The van der Waals surface area contributed by atoms with Gasteiger partial charge in [-0.1, -0.05) is 44.2 Å². The van der Waals surface area contributed by atoms with Crippen LogP contribution >= 0.6 is 0 Å². The molecular weight excluding hydrogens is 741 g/mol. The summed E-state index contributed by atoms with van der Waals surface area (Å²) >= 11 is 0. The number of aromatic hydroxyl groups is 1. The number of aliphatic hydroxyl groups is 2. The van der Waals surface area contributed by atoms with E-state index in [1.807, 2.05) is 45.9 Å². The molecule has 6 rings (SSSR count). The first-order valence-corrected chi connectivity index (χ1v) is 20.1. The van der Waals surface area contributed by atoms with Crippen molar-refractivity contribution in [3.63, 3.8) is 0 Å². The van der Waals surface area contributed by atoms with Gasteiger partial charge in [-0.05, 0) is 68.1 Å². The fourth-order valence-electron chi connectivity index (χ4n) is 6.08. The van der Waals surface area contributed by atoms with Crippen LogP contribution in [0.25, 0.3) is 0 Å². The van der Waals surface area contributed by atoms with Crippen molar-refractivity contribution in [1.29, 1.82) is 0 Å². The lowest BCUT2D eigenvalue weighted by Gasteiger charge is -2.30. The summed E-state index contributed by atoms with van der Waals surface area (Å²) in [5.74, 6) is 1.59. The van der Waals surface area contributed by atoms with Crippen molar-refractivity contribution in [2.75, 3.05) is 33.3 Å². The van der Waals surface area contributed by atoms with Crippen molar-refractivity contribution >= 4 is 26.0 Å². The molecule has 0 spiro atoms. The SMILES string of the molecule is Cc1cccc(C)c1[OH+]CC(=O)N[C@@H](Cc1ccc(OS(=O)(=O)c2ccc3c(c2)OCO3)cc1)[C@H](O)CN(CC(C)C)S(=O)(=O)c1ccc2c(c1)OCO2. The first-order valence-electron chi connectivity index (χ1n) is 17.2. The van der Waals surface area contributed by atoms with E-state index in [4.69, 9.17) is 23.1 Å². The van der Waals surface area contributed by atoms with Gasteiger partial charge in [0.05, 0.1) is 17.0 Å². The zero-order valence-electron chi connectivity index (χ0n) is 30.2. The summed E-state index contributed by atoms with van der Waals surface area (Å²) in [5.41, 5.74) is 2.41. The number of rotatable bonds is 16. The summed E-state index contributed by atoms with van der Waals surface area (Å²) in [6.45, 7) is 6.99. The van der Waals surface area contributed by atoms with Gasteiger partial charge in [0.25, 0.3) is 12.4 Å². The van der Waals surface area contributed by atoms with Gasteiger partial charge in [-0.25, -0.2) is 8.42 Å². The minimum absolute atomic E-state index is 0.0100. The van der Waals surface area contributed by atoms with Gasteiger partial charge in [-0.3, -0.25) is 4.79 Å². The topological polar surface area (TPSA) is 180 Å². The number of para-hydroxylation sites is 1. The lowest BCUT2D eigenvalue weighted by atomic mass is 10.0. The number of aliphatic hydroxyl groups excluding tert-OH is 1. The Labute approximate surface area is 314 Å². The van der Waals surface area contributed by atoms with Crippen LogP contribution in [0.1, 0.15) is 30.5 Å². The molecule has 2 heterocycles. The lowest BCUT2D eigenvalue weighted by molar-refractivity contribution is -0.130. The highest BCUT2D eigenvalue weighted by Crippen LogP contribution is 2.36. The summed E-state index contributed by atoms with van der Waals surface area (Å²) in [5, 5.41) is 14.6. The van der Waals surface area contributed by atoms with Crippen LogP contribution < -0.4 is 28.4 Å². The van der Waals surface area contributed by atoms with E-state index in [2.05, 4.69) is 10.1 Å². The first-order chi connectivity index (χ1) is 25.7. The van der Waals surface area contributed by atoms with E-state index in [0.717, 1.165) is 11.1 Å². The van der Waals surface area contributed by atoms with Crippen molar-refractivity contribution in [2.45, 2.75) is 56.1 Å². The van der Waals surface area contributed by atoms with Gasteiger partial charge < -0.3 is 38.3 Å². The zero-order valence-corrected chi connectivity index (χ0v) is 31.9. The van der Waals surface area contributed by atoms with Gasteiger partial charge in [-0.2, -0.15) is 12.7 Å². The maximum absolute atomic E-state index is 14.0. The number of sulfonamides is 1.